The highest BCUT2D eigenvalue weighted by Crippen LogP contribution is 2.20. The fourth-order valence-electron chi connectivity index (χ4n) is 2.69. The summed E-state index contributed by atoms with van der Waals surface area (Å²) in [7, 11) is -4.04. The molecule has 28 heavy (non-hydrogen) atoms. The summed E-state index contributed by atoms with van der Waals surface area (Å²) in [6.45, 7) is 8.93. The molecule has 0 fully saturated rings. The van der Waals surface area contributed by atoms with Crippen LogP contribution < -0.4 is 4.18 Å². The smallest absolute Gasteiger partial charge is 0.339 e. The molecule has 0 N–H and O–H groups in total. The number of nitrogens with zero attached hydrogens (tertiary/aromatic N) is 1. The zero-order valence-corrected chi connectivity index (χ0v) is 17.4. The number of halogens is 1. The first-order valence-electron chi connectivity index (χ1n) is 9.16. The maximum atomic E-state index is 13.0. The van der Waals surface area contributed by atoms with E-state index in [9.17, 15) is 17.6 Å². The molecule has 2 aromatic rings. The second kappa shape index (κ2) is 9.19. The first kappa shape index (κ1) is 21.9. The number of carbonyl (C=O) groups is 1. The van der Waals surface area contributed by atoms with Gasteiger partial charge < -0.3 is 9.08 Å². The van der Waals surface area contributed by atoms with Crippen LogP contribution in [0.5, 0.6) is 5.75 Å². The zero-order valence-electron chi connectivity index (χ0n) is 16.6. The quantitative estimate of drug-likeness (QED) is 0.614. The Morgan fingerprint density at radius 3 is 2.07 bits per heavy atom. The Bertz CT molecular complexity index is 891. The van der Waals surface area contributed by atoms with Crippen molar-refractivity contribution in [3.63, 3.8) is 0 Å². The number of benzene rings is 2. The minimum absolute atomic E-state index is 0.0768. The van der Waals surface area contributed by atoms with Crippen molar-refractivity contribution < 1.29 is 21.8 Å². The van der Waals surface area contributed by atoms with E-state index >= 15 is 0 Å². The summed E-state index contributed by atoms with van der Waals surface area (Å²) in [5.41, 5.74) is 0.876. The zero-order chi connectivity index (χ0) is 20.9. The van der Waals surface area contributed by atoms with Gasteiger partial charge in [-0.3, -0.25) is 4.79 Å². The van der Waals surface area contributed by atoms with E-state index in [1.165, 1.54) is 0 Å². The van der Waals surface area contributed by atoms with Gasteiger partial charge in [0, 0.05) is 19.0 Å². The highest BCUT2D eigenvalue weighted by atomic mass is 32.2. The van der Waals surface area contributed by atoms with Crippen LogP contribution in [0.2, 0.25) is 0 Å². The first-order valence-corrected chi connectivity index (χ1v) is 10.6. The molecule has 0 heterocycles. The SMILES string of the molecule is CC(C)CN(Cc1ccc(OS(=O)(=O)c2ccc(F)cc2)cc1)C(=O)C(C)C. The van der Waals surface area contributed by atoms with Crippen molar-refractivity contribution in [3.05, 3.63) is 59.9 Å². The lowest BCUT2D eigenvalue weighted by molar-refractivity contribution is -0.135. The van der Waals surface area contributed by atoms with E-state index in [2.05, 4.69) is 13.8 Å². The lowest BCUT2D eigenvalue weighted by atomic mass is 10.1. The Kier molecular flexibility index (Phi) is 7.18. The standard InChI is InChI=1S/C21H26FNO4S/c1-15(2)13-23(21(24)16(3)4)14-17-5-9-19(10-6-17)27-28(25,26)20-11-7-18(22)8-12-20/h5-12,15-16H,13-14H2,1-4H3. The van der Waals surface area contributed by atoms with Gasteiger partial charge in [0.05, 0.1) is 0 Å². The summed E-state index contributed by atoms with van der Waals surface area (Å²) in [6, 6.07) is 11.0. The van der Waals surface area contributed by atoms with Crippen molar-refractivity contribution in [1.82, 2.24) is 4.90 Å². The van der Waals surface area contributed by atoms with Gasteiger partial charge in [-0.15, -0.1) is 0 Å². The molecule has 0 atom stereocenters. The predicted octanol–water partition coefficient (Wildman–Crippen LogP) is 4.23. The van der Waals surface area contributed by atoms with E-state index in [4.69, 9.17) is 4.18 Å². The van der Waals surface area contributed by atoms with Crippen molar-refractivity contribution in [2.24, 2.45) is 11.8 Å². The molecule has 0 aliphatic heterocycles. The van der Waals surface area contributed by atoms with Crippen LogP contribution in [0.4, 0.5) is 4.39 Å². The van der Waals surface area contributed by atoms with Crippen LogP contribution in [0.25, 0.3) is 0 Å². The molecule has 2 rings (SSSR count). The molecule has 7 heteroatoms. The third kappa shape index (κ3) is 6.05. The van der Waals surface area contributed by atoms with Gasteiger partial charge in [-0.2, -0.15) is 8.42 Å². The van der Waals surface area contributed by atoms with E-state index < -0.39 is 15.9 Å². The number of hydrogen-bond acceptors (Lipinski definition) is 4. The molecule has 0 aromatic heterocycles. The highest BCUT2D eigenvalue weighted by Gasteiger charge is 2.19. The largest absolute Gasteiger partial charge is 0.379 e. The molecule has 0 saturated carbocycles. The average molecular weight is 408 g/mol. The van der Waals surface area contributed by atoms with E-state index in [0.29, 0.717) is 19.0 Å². The normalized spacial score (nSPS) is 11.7. The molecule has 5 nitrogen and oxygen atoms in total. The minimum Gasteiger partial charge on any atom is -0.379 e. The molecular formula is C21H26FNO4S. The maximum absolute atomic E-state index is 13.0. The average Bonchev–Trinajstić information content (AvgIpc) is 2.61. The van der Waals surface area contributed by atoms with Crippen molar-refractivity contribution in [2.45, 2.75) is 39.1 Å². The fraction of sp³-hybridized carbons (Fsp3) is 0.381. The number of rotatable bonds is 8. The first-order chi connectivity index (χ1) is 13.1. The topological polar surface area (TPSA) is 63.7 Å². The molecule has 0 bridgehead atoms. The van der Waals surface area contributed by atoms with Gasteiger partial charge in [-0.25, -0.2) is 4.39 Å². The summed E-state index contributed by atoms with van der Waals surface area (Å²) in [4.78, 5) is 14.1. The minimum atomic E-state index is -4.04. The Hall–Kier alpha value is -2.41. The summed E-state index contributed by atoms with van der Waals surface area (Å²) in [6.07, 6.45) is 0. The molecule has 0 unspecified atom stereocenters. The third-order valence-corrected chi connectivity index (χ3v) is 5.26. The summed E-state index contributed by atoms with van der Waals surface area (Å²) < 4.78 is 42.6. The Balaban J connectivity index is 2.11. The Morgan fingerprint density at radius 2 is 1.57 bits per heavy atom. The molecule has 0 saturated heterocycles. The fourth-order valence-corrected chi connectivity index (χ4v) is 3.62. The molecular weight excluding hydrogens is 381 g/mol. The van der Waals surface area contributed by atoms with Crippen molar-refractivity contribution in [2.75, 3.05) is 6.54 Å². The molecule has 1 amide bonds. The molecule has 0 aliphatic carbocycles. The molecule has 0 radical (unpaired) electrons. The van der Waals surface area contributed by atoms with Crippen LogP contribution in [-0.2, 0) is 21.5 Å². The third-order valence-electron chi connectivity index (χ3n) is 4.00. The van der Waals surface area contributed by atoms with Crippen LogP contribution >= 0.6 is 0 Å². The van der Waals surface area contributed by atoms with E-state index in [0.717, 1.165) is 29.8 Å². The second-order valence-electron chi connectivity index (χ2n) is 7.40. The summed E-state index contributed by atoms with van der Waals surface area (Å²) in [5, 5.41) is 0. The van der Waals surface area contributed by atoms with Gasteiger partial charge in [0.2, 0.25) is 5.91 Å². The van der Waals surface area contributed by atoms with Gasteiger partial charge in [-0.05, 0) is 47.9 Å². The van der Waals surface area contributed by atoms with Gasteiger partial charge in [0.15, 0.2) is 0 Å². The van der Waals surface area contributed by atoms with E-state index in [1.54, 1.807) is 29.2 Å². The molecule has 0 aliphatic rings. The van der Waals surface area contributed by atoms with Crippen molar-refractivity contribution >= 4 is 16.0 Å². The lowest BCUT2D eigenvalue weighted by Gasteiger charge is -2.26. The van der Waals surface area contributed by atoms with E-state index in [1.807, 2.05) is 13.8 Å². The Labute approximate surface area is 166 Å². The number of amides is 1. The van der Waals surface area contributed by atoms with Gasteiger partial charge in [-0.1, -0.05) is 39.8 Å². The predicted molar refractivity (Wildman–Crippen MR) is 106 cm³/mol. The highest BCUT2D eigenvalue weighted by molar-refractivity contribution is 7.87. The van der Waals surface area contributed by atoms with Gasteiger partial charge in [0.1, 0.15) is 16.5 Å². The van der Waals surface area contributed by atoms with E-state index in [-0.39, 0.29) is 22.5 Å². The molecule has 152 valence electrons. The van der Waals surface area contributed by atoms with Crippen molar-refractivity contribution in [1.29, 1.82) is 0 Å². The second-order valence-corrected chi connectivity index (χ2v) is 8.95. The lowest BCUT2D eigenvalue weighted by Crippen LogP contribution is -2.36. The monoisotopic (exact) mass is 407 g/mol. The van der Waals surface area contributed by atoms with Gasteiger partial charge in [0.25, 0.3) is 0 Å². The van der Waals surface area contributed by atoms with Gasteiger partial charge >= 0.3 is 10.1 Å². The van der Waals surface area contributed by atoms with Crippen LogP contribution in [0.3, 0.4) is 0 Å². The van der Waals surface area contributed by atoms with Crippen molar-refractivity contribution in [3.8, 4) is 5.75 Å². The summed E-state index contributed by atoms with van der Waals surface area (Å²) in [5.74, 6) is -0.0508. The van der Waals surface area contributed by atoms with Crippen LogP contribution in [0, 0.1) is 17.7 Å². The molecule has 2 aromatic carbocycles. The summed E-state index contributed by atoms with van der Waals surface area (Å²) >= 11 is 0. The maximum Gasteiger partial charge on any atom is 0.339 e. The molecule has 0 spiro atoms. The number of carbonyl (C=O) groups excluding carboxylic acids is 1. The number of hydrogen-bond donors (Lipinski definition) is 0. The van der Waals surface area contributed by atoms with Crippen LogP contribution in [0.15, 0.2) is 53.4 Å². The van der Waals surface area contributed by atoms with Crippen LogP contribution in [-0.4, -0.2) is 25.8 Å². The van der Waals surface area contributed by atoms with Crippen LogP contribution in [0.1, 0.15) is 33.3 Å². The Morgan fingerprint density at radius 1 is 1.00 bits per heavy atom.